The van der Waals surface area contributed by atoms with Crippen molar-refractivity contribution in [1.82, 2.24) is 0 Å². The first-order valence-electron chi connectivity index (χ1n) is 4.95. The van der Waals surface area contributed by atoms with Gasteiger partial charge in [0.05, 0.1) is 14.9 Å². The molecule has 2 rings (SSSR count). The van der Waals surface area contributed by atoms with E-state index in [1.807, 2.05) is 30.3 Å². The van der Waals surface area contributed by atoms with Crippen LogP contribution in [0.15, 0.2) is 38.6 Å². The number of aliphatic hydroxyl groups is 1. The van der Waals surface area contributed by atoms with Crippen molar-refractivity contribution in [3.8, 4) is 5.75 Å². The summed E-state index contributed by atoms with van der Waals surface area (Å²) >= 11 is 8.50. The van der Waals surface area contributed by atoms with Gasteiger partial charge in [-0.05, 0) is 61.7 Å². The van der Waals surface area contributed by atoms with Gasteiger partial charge < -0.3 is 9.84 Å². The van der Waals surface area contributed by atoms with E-state index in [2.05, 4.69) is 31.9 Å². The number of ether oxygens (including phenoxy) is 1. The van der Waals surface area contributed by atoms with E-state index < -0.39 is 0 Å². The van der Waals surface area contributed by atoms with Crippen LogP contribution >= 0.6 is 43.2 Å². The first kappa shape index (κ1) is 13.1. The minimum atomic E-state index is 0.0384. The molecule has 0 fully saturated rings. The molecule has 1 N–H and O–H groups in total. The second-order valence-electron chi connectivity index (χ2n) is 3.42. The van der Waals surface area contributed by atoms with Gasteiger partial charge in [0.1, 0.15) is 12.4 Å². The minimum Gasteiger partial charge on any atom is -0.487 e. The number of halogens is 2. The molecule has 0 saturated carbocycles. The average Bonchev–Trinajstić information content (AvgIpc) is 2.73. The van der Waals surface area contributed by atoms with E-state index in [0.717, 1.165) is 24.4 Å². The molecule has 2 aromatic rings. The Labute approximate surface area is 121 Å². The number of rotatable bonds is 4. The lowest BCUT2D eigenvalue weighted by molar-refractivity contribution is 0.280. The van der Waals surface area contributed by atoms with Gasteiger partial charge in [0.15, 0.2) is 0 Å². The highest BCUT2D eigenvalue weighted by Crippen LogP contribution is 2.28. The van der Waals surface area contributed by atoms with Gasteiger partial charge >= 0.3 is 0 Å². The third kappa shape index (κ3) is 3.55. The lowest BCUT2D eigenvalue weighted by Crippen LogP contribution is -1.94. The molecule has 1 heterocycles. The quantitative estimate of drug-likeness (QED) is 0.858. The largest absolute Gasteiger partial charge is 0.487 e. The van der Waals surface area contributed by atoms with Gasteiger partial charge in [-0.1, -0.05) is 6.07 Å². The van der Waals surface area contributed by atoms with Gasteiger partial charge in [0, 0.05) is 4.88 Å². The van der Waals surface area contributed by atoms with Crippen LogP contribution in [0.5, 0.6) is 5.75 Å². The molecule has 17 heavy (non-hydrogen) atoms. The van der Waals surface area contributed by atoms with E-state index in [-0.39, 0.29) is 6.61 Å². The van der Waals surface area contributed by atoms with Crippen molar-refractivity contribution in [3.05, 3.63) is 49.0 Å². The number of aliphatic hydroxyl groups excluding tert-OH is 1. The molecule has 0 radical (unpaired) electrons. The highest BCUT2D eigenvalue weighted by atomic mass is 79.9. The Balaban J connectivity index is 2.04. The second-order valence-corrected chi connectivity index (χ2v) is 6.82. The normalized spacial score (nSPS) is 10.5. The van der Waals surface area contributed by atoms with Gasteiger partial charge in [0.2, 0.25) is 0 Å². The topological polar surface area (TPSA) is 29.5 Å². The summed E-state index contributed by atoms with van der Waals surface area (Å²) in [6.07, 6.45) is 0. The molecule has 0 bridgehead atoms. The third-order valence-electron chi connectivity index (χ3n) is 2.18. The van der Waals surface area contributed by atoms with Gasteiger partial charge in [-0.15, -0.1) is 11.3 Å². The molecule has 0 aliphatic carbocycles. The number of thiophene rings is 1. The first-order valence-corrected chi connectivity index (χ1v) is 7.35. The zero-order chi connectivity index (χ0) is 12.3. The smallest absolute Gasteiger partial charge is 0.134 e. The zero-order valence-electron chi connectivity index (χ0n) is 8.82. The number of hydrogen-bond acceptors (Lipinski definition) is 3. The van der Waals surface area contributed by atoms with Gasteiger partial charge in [-0.25, -0.2) is 0 Å². The van der Waals surface area contributed by atoms with Crippen molar-refractivity contribution in [2.24, 2.45) is 0 Å². The monoisotopic (exact) mass is 376 g/mol. The van der Waals surface area contributed by atoms with Crippen LogP contribution in [0, 0.1) is 0 Å². The minimum absolute atomic E-state index is 0.0384. The van der Waals surface area contributed by atoms with Crippen LogP contribution in [0.3, 0.4) is 0 Å². The van der Waals surface area contributed by atoms with Crippen LogP contribution in [-0.4, -0.2) is 5.11 Å². The summed E-state index contributed by atoms with van der Waals surface area (Å²) in [5.74, 6) is 0.784. The maximum atomic E-state index is 9.00. The molecular weight excluding hydrogens is 368 g/mol. The number of hydrogen-bond donors (Lipinski definition) is 1. The fourth-order valence-corrected chi connectivity index (χ4v) is 3.28. The molecule has 90 valence electrons. The molecule has 0 unspecified atom stereocenters. The molecule has 2 nitrogen and oxygen atoms in total. The Morgan fingerprint density at radius 2 is 2.00 bits per heavy atom. The number of benzene rings is 1. The molecule has 0 amide bonds. The first-order chi connectivity index (χ1) is 8.19. The van der Waals surface area contributed by atoms with Crippen molar-refractivity contribution >= 4 is 43.2 Å². The van der Waals surface area contributed by atoms with Crippen LogP contribution in [-0.2, 0) is 13.2 Å². The predicted octanol–water partition coefficient (Wildman–Crippen LogP) is 4.34. The van der Waals surface area contributed by atoms with Crippen LogP contribution in [0.1, 0.15) is 10.4 Å². The SMILES string of the molecule is OCc1ccc(OCc2ccc(Br)s2)c(Br)c1. The summed E-state index contributed by atoms with van der Waals surface area (Å²) in [5, 5.41) is 9.00. The van der Waals surface area contributed by atoms with Crippen molar-refractivity contribution in [3.63, 3.8) is 0 Å². The summed E-state index contributed by atoms with van der Waals surface area (Å²) in [5.41, 5.74) is 0.864. The second kappa shape index (κ2) is 6.00. The van der Waals surface area contributed by atoms with Crippen molar-refractivity contribution < 1.29 is 9.84 Å². The molecular formula is C12H10Br2O2S. The Morgan fingerprint density at radius 3 is 2.59 bits per heavy atom. The molecule has 1 aromatic carbocycles. The van der Waals surface area contributed by atoms with Crippen molar-refractivity contribution in [2.75, 3.05) is 0 Å². The molecule has 0 aliphatic rings. The van der Waals surface area contributed by atoms with Crippen LogP contribution in [0.25, 0.3) is 0 Å². The fraction of sp³-hybridized carbons (Fsp3) is 0.167. The van der Waals surface area contributed by atoms with Crippen molar-refractivity contribution in [1.29, 1.82) is 0 Å². The summed E-state index contributed by atoms with van der Waals surface area (Å²) in [7, 11) is 0. The fourth-order valence-electron chi connectivity index (χ4n) is 1.34. The Bertz CT molecular complexity index is 511. The lowest BCUT2D eigenvalue weighted by Gasteiger charge is -2.08. The summed E-state index contributed by atoms with van der Waals surface area (Å²) in [6, 6.07) is 9.61. The Morgan fingerprint density at radius 1 is 1.18 bits per heavy atom. The zero-order valence-corrected chi connectivity index (χ0v) is 12.8. The maximum Gasteiger partial charge on any atom is 0.134 e. The lowest BCUT2D eigenvalue weighted by atomic mass is 10.2. The molecule has 0 spiro atoms. The van der Waals surface area contributed by atoms with E-state index in [4.69, 9.17) is 9.84 Å². The van der Waals surface area contributed by atoms with Crippen molar-refractivity contribution in [2.45, 2.75) is 13.2 Å². The highest BCUT2D eigenvalue weighted by Gasteiger charge is 2.04. The van der Waals surface area contributed by atoms with E-state index in [0.29, 0.717) is 6.61 Å². The third-order valence-corrected chi connectivity index (χ3v) is 4.39. The van der Waals surface area contributed by atoms with Gasteiger partial charge in [-0.2, -0.15) is 0 Å². The Kier molecular flexibility index (Phi) is 4.62. The summed E-state index contributed by atoms with van der Waals surface area (Å²) in [6.45, 7) is 0.587. The van der Waals surface area contributed by atoms with Crippen LogP contribution < -0.4 is 4.74 Å². The average molecular weight is 378 g/mol. The van der Waals surface area contributed by atoms with E-state index >= 15 is 0 Å². The summed E-state index contributed by atoms with van der Waals surface area (Å²) < 4.78 is 7.66. The predicted molar refractivity (Wildman–Crippen MR) is 76.4 cm³/mol. The Hall–Kier alpha value is -0.360. The molecule has 1 aromatic heterocycles. The molecule has 0 atom stereocenters. The molecule has 0 aliphatic heterocycles. The van der Waals surface area contributed by atoms with E-state index in [1.54, 1.807) is 11.3 Å². The standard InChI is InChI=1S/C12H10Br2O2S/c13-10-5-8(6-15)1-3-11(10)16-7-9-2-4-12(14)17-9/h1-5,15H,6-7H2. The molecule has 0 saturated heterocycles. The van der Waals surface area contributed by atoms with Crippen LogP contribution in [0.4, 0.5) is 0 Å². The summed E-state index contributed by atoms with van der Waals surface area (Å²) in [4.78, 5) is 1.16. The van der Waals surface area contributed by atoms with E-state index in [9.17, 15) is 0 Å². The highest BCUT2D eigenvalue weighted by molar-refractivity contribution is 9.11. The van der Waals surface area contributed by atoms with E-state index in [1.165, 1.54) is 0 Å². The van der Waals surface area contributed by atoms with Gasteiger partial charge in [0.25, 0.3) is 0 Å². The molecule has 5 heteroatoms. The maximum absolute atomic E-state index is 9.00. The van der Waals surface area contributed by atoms with Crippen LogP contribution in [0.2, 0.25) is 0 Å². The van der Waals surface area contributed by atoms with Gasteiger partial charge in [-0.3, -0.25) is 0 Å².